The van der Waals surface area contributed by atoms with Crippen molar-refractivity contribution in [1.82, 2.24) is 9.55 Å². The van der Waals surface area contributed by atoms with Gasteiger partial charge in [0.15, 0.2) is 4.80 Å². The smallest absolute Gasteiger partial charge is 0.271 e. The van der Waals surface area contributed by atoms with Crippen LogP contribution in [-0.2, 0) is 4.79 Å². The molecule has 1 aliphatic rings. The highest BCUT2D eigenvalue weighted by Gasteiger charge is 2.32. The van der Waals surface area contributed by atoms with Gasteiger partial charge in [-0.2, -0.15) is 0 Å². The molecule has 8 heteroatoms. The zero-order chi connectivity index (χ0) is 24.4. The Hall–Kier alpha value is -4.30. The van der Waals surface area contributed by atoms with Gasteiger partial charge in [0.05, 0.1) is 29.0 Å². The number of hydrogen-bond acceptors (Lipinski definition) is 6. The molecule has 0 unspecified atom stereocenters. The second-order valence-electron chi connectivity index (χ2n) is 7.96. The van der Waals surface area contributed by atoms with Crippen LogP contribution in [0.15, 0.2) is 100 Å². The lowest BCUT2D eigenvalue weighted by molar-refractivity contribution is -0.113. The van der Waals surface area contributed by atoms with Gasteiger partial charge in [-0.15, -0.1) is 0 Å². The van der Waals surface area contributed by atoms with Crippen LogP contribution in [-0.4, -0.2) is 22.6 Å². The van der Waals surface area contributed by atoms with Crippen LogP contribution in [0.3, 0.4) is 0 Å². The number of methoxy groups -OCH3 is 1. The number of pyridine rings is 1. The quantitative estimate of drug-likeness (QED) is 0.473. The van der Waals surface area contributed by atoms with Gasteiger partial charge >= 0.3 is 0 Å². The lowest BCUT2D eigenvalue weighted by atomic mass is 9.95. The van der Waals surface area contributed by atoms with Crippen molar-refractivity contribution in [3.05, 3.63) is 121 Å². The normalized spacial score (nSPS) is 15.4. The first-order valence-electron chi connectivity index (χ1n) is 11.0. The van der Waals surface area contributed by atoms with E-state index in [1.165, 1.54) is 11.3 Å². The highest BCUT2D eigenvalue weighted by Crippen LogP contribution is 2.31. The van der Waals surface area contributed by atoms with Crippen molar-refractivity contribution in [2.45, 2.75) is 13.0 Å². The number of amides is 1. The third-order valence-corrected chi connectivity index (χ3v) is 6.69. The van der Waals surface area contributed by atoms with E-state index < -0.39 is 6.04 Å². The van der Waals surface area contributed by atoms with Crippen molar-refractivity contribution in [1.29, 1.82) is 0 Å². The van der Waals surface area contributed by atoms with E-state index in [1.807, 2.05) is 66.7 Å². The molecule has 35 heavy (non-hydrogen) atoms. The molecule has 0 fully saturated rings. The number of allylic oxidation sites excluding steroid dienone is 1. The van der Waals surface area contributed by atoms with Crippen LogP contribution in [0.5, 0.6) is 5.75 Å². The van der Waals surface area contributed by atoms with E-state index in [9.17, 15) is 9.59 Å². The van der Waals surface area contributed by atoms with Crippen molar-refractivity contribution in [2.75, 3.05) is 12.4 Å². The van der Waals surface area contributed by atoms with Crippen molar-refractivity contribution in [3.8, 4) is 5.75 Å². The maximum Gasteiger partial charge on any atom is 0.271 e. The number of benzene rings is 2. The minimum Gasteiger partial charge on any atom is -0.497 e. The van der Waals surface area contributed by atoms with Gasteiger partial charge in [-0.25, -0.2) is 4.99 Å². The molecule has 4 aromatic rings. The predicted molar refractivity (Wildman–Crippen MR) is 136 cm³/mol. The molecule has 7 nitrogen and oxygen atoms in total. The summed E-state index contributed by atoms with van der Waals surface area (Å²) in [7, 11) is 1.60. The van der Waals surface area contributed by atoms with Gasteiger partial charge in [0.2, 0.25) is 0 Å². The topological polar surface area (TPSA) is 85.6 Å². The number of hydrogen-bond donors (Lipinski definition) is 1. The fourth-order valence-corrected chi connectivity index (χ4v) is 5.09. The first-order valence-corrected chi connectivity index (χ1v) is 11.8. The van der Waals surface area contributed by atoms with E-state index >= 15 is 0 Å². The summed E-state index contributed by atoms with van der Waals surface area (Å²) < 4.78 is 7.43. The Morgan fingerprint density at radius 3 is 2.54 bits per heavy atom. The summed E-state index contributed by atoms with van der Waals surface area (Å²) in [5.41, 5.74) is 3.04. The zero-order valence-electron chi connectivity index (χ0n) is 19.1. The zero-order valence-corrected chi connectivity index (χ0v) is 20.0. The summed E-state index contributed by atoms with van der Waals surface area (Å²) in [5.74, 6) is 0.383. The molecule has 1 atom stereocenters. The molecule has 5 rings (SSSR count). The Balaban J connectivity index is 1.67. The first kappa shape index (κ1) is 22.5. The monoisotopic (exact) mass is 482 g/mol. The van der Waals surface area contributed by atoms with Gasteiger partial charge in [-0.05, 0) is 54.5 Å². The molecular formula is C27H22N4O3S. The average molecular weight is 483 g/mol. The Kier molecular flexibility index (Phi) is 6.12. The number of anilines is 1. The highest BCUT2D eigenvalue weighted by atomic mass is 32.1. The number of aromatic nitrogens is 2. The second-order valence-corrected chi connectivity index (χ2v) is 8.97. The molecule has 0 radical (unpaired) electrons. The largest absolute Gasteiger partial charge is 0.497 e. The molecule has 0 saturated heterocycles. The molecule has 0 bridgehead atoms. The molecule has 3 heterocycles. The van der Waals surface area contributed by atoms with Crippen LogP contribution in [0, 0.1) is 0 Å². The predicted octanol–water partition coefficient (Wildman–Crippen LogP) is 3.28. The summed E-state index contributed by atoms with van der Waals surface area (Å²) in [5, 5.41) is 2.95. The van der Waals surface area contributed by atoms with Crippen LogP contribution in [0.2, 0.25) is 0 Å². The molecule has 1 N–H and O–H groups in total. The number of fused-ring (bicyclic) bond motifs is 1. The van der Waals surface area contributed by atoms with Gasteiger partial charge < -0.3 is 10.1 Å². The number of thiazole rings is 1. The van der Waals surface area contributed by atoms with Crippen molar-refractivity contribution < 1.29 is 9.53 Å². The van der Waals surface area contributed by atoms with Crippen LogP contribution < -0.4 is 24.9 Å². The molecule has 2 aromatic carbocycles. The van der Waals surface area contributed by atoms with Crippen LogP contribution in [0.25, 0.3) is 6.08 Å². The number of carbonyl (C=O) groups excluding carboxylic acids is 1. The minimum absolute atomic E-state index is 0.212. The fraction of sp³-hybridized carbons (Fsp3) is 0.111. The summed E-state index contributed by atoms with van der Waals surface area (Å²) in [6.45, 7) is 1.80. The maximum absolute atomic E-state index is 13.6. The van der Waals surface area contributed by atoms with Crippen LogP contribution >= 0.6 is 11.3 Å². The maximum atomic E-state index is 13.6. The van der Waals surface area contributed by atoms with Crippen molar-refractivity contribution >= 4 is 29.0 Å². The molecule has 0 spiro atoms. The summed E-state index contributed by atoms with van der Waals surface area (Å²) in [6.07, 6.45) is 5.18. The van der Waals surface area contributed by atoms with Gasteiger partial charge in [-0.3, -0.25) is 19.1 Å². The van der Waals surface area contributed by atoms with Crippen molar-refractivity contribution in [2.24, 2.45) is 4.99 Å². The highest BCUT2D eigenvalue weighted by molar-refractivity contribution is 7.07. The summed E-state index contributed by atoms with van der Waals surface area (Å²) in [4.78, 5) is 36.5. The van der Waals surface area contributed by atoms with Gasteiger partial charge in [0.1, 0.15) is 5.75 Å². The Morgan fingerprint density at radius 2 is 1.86 bits per heavy atom. The Labute approximate surface area is 205 Å². The average Bonchev–Trinajstić information content (AvgIpc) is 3.18. The first-order chi connectivity index (χ1) is 17.0. The Morgan fingerprint density at radius 1 is 1.09 bits per heavy atom. The third-order valence-electron chi connectivity index (χ3n) is 5.71. The third kappa shape index (κ3) is 4.43. The number of nitrogens with one attached hydrogen (secondary N) is 1. The molecule has 0 saturated carbocycles. The molecule has 174 valence electrons. The Bertz CT molecular complexity index is 1590. The molecule has 0 aliphatic carbocycles. The van der Waals surface area contributed by atoms with E-state index in [0.29, 0.717) is 32.0 Å². The van der Waals surface area contributed by atoms with Gasteiger partial charge in [0, 0.05) is 18.1 Å². The number of rotatable bonds is 5. The molecule has 1 amide bonds. The van der Waals surface area contributed by atoms with E-state index in [4.69, 9.17) is 4.74 Å². The summed E-state index contributed by atoms with van der Waals surface area (Å²) >= 11 is 1.29. The second kappa shape index (κ2) is 9.52. The standard InChI is InChI=1S/C27H22N4O3S/c1-17-23(25(32)30-20-8-4-3-5-9-20)24(19-10-12-21(34-2)13-11-19)31-26(33)22(35-27(31)29-17)15-18-7-6-14-28-16-18/h3-16,24H,1-2H3,(H,30,32)/b22-15+/t24-/m1/s1. The van der Waals surface area contributed by atoms with E-state index in [2.05, 4.69) is 15.3 Å². The van der Waals surface area contributed by atoms with Gasteiger partial charge in [0.25, 0.3) is 11.5 Å². The minimum atomic E-state index is -0.642. The molecule has 2 aromatic heterocycles. The van der Waals surface area contributed by atoms with E-state index in [0.717, 1.165) is 11.1 Å². The van der Waals surface area contributed by atoms with E-state index in [-0.39, 0.29) is 11.5 Å². The summed E-state index contributed by atoms with van der Waals surface area (Å²) in [6, 6.07) is 19.7. The fourth-order valence-electron chi connectivity index (χ4n) is 4.05. The van der Waals surface area contributed by atoms with Gasteiger partial charge in [-0.1, -0.05) is 47.7 Å². The number of nitrogens with zero attached hydrogens (tertiary/aromatic N) is 3. The molecule has 1 aliphatic heterocycles. The molecular weight excluding hydrogens is 460 g/mol. The SMILES string of the molecule is COc1ccc([C@@H]2C(C(=O)Nc3ccccc3)=C(C)N=c3s/c(=C/c4cccnc4)c(=O)n32)cc1. The van der Waals surface area contributed by atoms with Crippen molar-refractivity contribution in [3.63, 3.8) is 0 Å². The van der Waals surface area contributed by atoms with Crippen LogP contribution in [0.4, 0.5) is 5.69 Å². The number of carbonyl (C=O) groups is 1. The number of ether oxygens (including phenoxy) is 1. The van der Waals surface area contributed by atoms with E-state index in [1.54, 1.807) is 37.1 Å². The van der Waals surface area contributed by atoms with Crippen LogP contribution in [0.1, 0.15) is 24.1 Å². The lowest BCUT2D eigenvalue weighted by Gasteiger charge is -2.25. The number of para-hydroxylation sites is 1. The lowest BCUT2D eigenvalue weighted by Crippen LogP contribution is -2.40.